The molecule has 4 heteroatoms. The molecule has 1 aliphatic heterocycles. The van der Waals surface area contributed by atoms with Gasteiger partial charge in [0.05, 0.1) is 11.7 Å². The number of rotatable bonds is 1. The van der Waals surface area contributed by atoms with Crippen molar-refractivity contribution in [2.24, 2.45) is 0 Å². The van der Waals surface area contributed by atoms with Crippen LogP contribution in [0.2, 0.25) is 0 Å². The van der Waals surface area contributed by atoms with E-state index < -0.39 is 0 Å². The Morgan fingerprint density at radius 3 is 2.59 bits per heavy atom. The molecule has 0 saturated heterocycles. The molecule has 1 aliphatic carbocycles. The number of carbonyl (C=O) groups is 1. The lowest BCUT2D eigenvalue weighted by atomic mass is 9.83. The molecule has 2 N–H and O–H groups in total. The molecule has 2 aromatic rings. The quantitative estimate of drug-likeness (QED) is 0.830. The number of amides is 2. The summed E-state index contributed by atoms with van der Waals surface area (Å²) in [6.07, 6.45) is 1.83. The summed E-state index contributed by atoms with van der Waals surface area (Å²) in [7, 11) is 0. The van der Waals surface area contributed by atoms with Crippen molar-refractivity contribution in [1.82, 2.24) is 10.6 Å². The van der Waals surface area contributed by atoms with Crippen molar-refractivity contribution in [3.63, 3.8) is 0 Å². The largest absolute Gasteiger partial charge is 0.327 e. The molecule has 4 rings (SSSR count). The van der Waals surface area contributed by atoms with Gasteiger partial charge in [-0.25, -0.2) is 9.18 Å². The summed E-state index contributed by atoms with van der Waals surface area (Å²) in [4.78, 5) is 12.0. The maximum atomic E-state index is 13.1. The Labute approximate surface area is 127 Å². The summed E-state index contributed by atoms with van der Waals surface area (Å²) in [5.41, 5.74) is 5.31. The van der Waals surface area contributed by atoms with E-state index in [-0.39, 0.29) is 17.9 Å². The SMILES string of the molecule is O=C1NC2=C(CCc3ccccc32)[C@@H](c2ccc(F)cc2)N1. The highest BCUT2D eigenvalue weighted by molar-refractivity contribution is 5.91. The minimum atomic E-state index is -0.271. The number of benzene rings is 2. The van der Waals surface area contributed by atoms with E-state index in [1.54, 1.807) is 12.1 Å². The lowest BCUT2D eigenvalue weighted by Gasteiger charge is -2.34. The van der Waals surface area contributed by atoms with Crippen LogP contribution >= 0.6 is 0 Å². The van der Waals surface area contributed by atoms with Crippen LogP contribution in [0.5, 0.6) is 0 Å². The average molecular weight is 294 g/mol. The Morgan fingerprint density at radius 2 is 1.77 bits per heavy atom. The Morgan fingerprint density at radius 1 is 1.00 bits per heavy atom. The molecule has 0 radical (unpaired) electrons. The highest BCUT2D eigenvalue weighted by Crippen LogP contribution is 2.38. The third-order valence-electron chi connectivity index (χ3n) is 4.34. The van der Waals surface area contributed by atoms with Crippen LogP contribution in [0, 0.1) is 5.82 Å². The standard InChI is InChI=1S/C18H15FN2O/c19-13-8-5-12(6-9-13)16-15-10-7-11-3-1-2-4-14(11)17(15)21-18(22)20-16/h1-6,8-9,16H,7,10H2,(H2,20,21,22)/t16-/m1/s1. The van der Waals surface area contributed by atoms with Crippen LogP contribution in [-0.4, -0.2) is 6.03 Å². The van der Waals surface area contributed by atoms with E-state index in [1.165, 1.54) is 17.7 Å². The van der Waals surface area contributed by atoms with Crippen LogP contribution < -0.4 is 10.6 Å². The van der Waals surface area contributed by atoms with Crippen molar-refractivity contribution in [2.45, 2.75) is 18.9 Å². The molecule has 2 amide bonds. The first-order valence-electron chi connectivity index (χ1n) is 7.36. The Hall–Kier alpha value is -2.62. The van der Waals surface area contributed by atoms with Crippen LogP contribution in [0.25, 0.3) is 5.70 Å². The second-order valence-corrected chi connectivity index (χ2v) is 5.64. The van der Waals surface area contributed by atoms with Crippen LogP contribution in [0.4, 0.5) is 9.18 Å². The maximum absolute atomic E-state index is 13.1. The fourth-order valence-corrected chi connectivity index (χ4v) is 3.29. The molecular formula is C18H15FN2O. The lowest BCUT2D eigenvalue weighted by molar-refractivity contribution is 0.240. The highest BCUT2D eigenvalue weighted by Gasteiger charge is 2.31. The number of hydrogen-bond acceptors (Lipinski definition) is 1. The van der Waals surface area contributed by atoms with Crippen molar-refractivity contribution < 1.29 is 9.18 Å². The molecule has 2 aromatic carbocycles. The van der Waals surface area contributed by atoms with E-state index in [4.69, 9.17) is 0 Å². The van der Waals surface area contributed by atoms with Gasteiger partial charge in [0, 0.05) is 5.56 Å². The molecule has 1 heterocycles. The van der Waals surface area contributed by atoms with Gasteiger partial charge in [-0.15, -0.1) is 0 Å². The van der Waals surface area contributed by atoms with Crippen molar-refractivity contribution in [3.8, 4) is 0 Å². The zero-order valence-corrected chi connectivity index (χ0v) is 11.9. The van der Waals surface area contributed by atoms with Gasteiger partial charge in [0.1, 0.15) is 5.82 Å². The second kappa shape index (κ2) is 4.98. The summed E-state index contributed by atoms with van der Waals surface area (Å²) >= 11 is 0. The van der Waals surface area contributed by atoms with Gasteiger partial charge in [0.25, 0.3) is 0 Å². The lowest BCUT2D eigenvalue weighted by Crippen LogP contribution is -2.44. The van der Waals surface area contributed by atoms with Crippen LogP contribution in [0.3, 0.4) is 0 Å². The Bertz CT molecular complexity index is 780. The summed E-state index contributed by atoms with van der Waals surface area (Å²) in [5.74, 6) is -0.271. The Balaban J connectivity index is 1.84. The second-order valence-electron chi connectivity index (χ2n) is 5.64. The number of urea groups is 1. The zero-order chi connectivity index (χ0) is 15.1. The topological polar surface area (TPSA) is 41.1 Å². The zero-order valence-electron chi connectivity index (χ0n) is 11.9. The van der Waals surface area contributed by atoms with Crippen LogP contribution in [-0.2, 0) is 6.42 Å². The fourth-order valence-electron chi connectivity index (χ4n) is 3.29. The first kappa shape index (κ1) is 13.1. The molecule has 2 aliphatic rings. The molecule has 0 fully saturated rings. The highest BCUT2D eigenvalue weighted by atomic mass is 19.1. The molecule has 110 valence electrons. The number of aryl methyl sites for hydroxylation is 1. The number of halogens is 1. The first-order chi connectivity index (χ1) is 10.7. The number of nitrogens with one attached hydrogen (secondary N) is 2. The normalized spacial score (nSPS) is 19.9. The molecule has 0 saturated carbocycles. The van der Waals surface area contributed by atoms with Gasteiger partial charge in [-0.1, -0.05) is 36.4 Å². The minimum absolute atomic E-state index is 0.197. The van der Waals surface area contributed by atoms with E-state index in [1.807, 2.05) is 18.2 Å². The fraction of sp³-hybridized carbons (Fsp3) is 0.167. The predicted molar refractivity (Wildman–Crippen MR) is 82.5 cm³/mol. The van der Waals surface area contributed by atoms with Crippen molar-refractivity contribution in [3.05, 3.63) is 76.6 Å². The van der Waals surface area contributed by atoms with E-state index >= 15 is 0 Å². The predicted octanol–water partition coefficient (Wildman–Crippen LogP) is 3.54. The van der Waals surface area contributed by atoms with E-state index in [0.29, 0.717) is 0 Å². The smallest absolute Gasteiger partial charge is 0.319 e. The van der Waals surface area contributed by atoms with E-state index in [9.17, 15) is 9.18 Å². The maximum Gasteiger partial charge on any atom is 0.319 e. The summed E-state index contributed by atoms with van der Waals surface area (Å²) in [6, 6.07) is 14.1. The third kappa shape index (κ3) is 2.08. The monoisotopic (exact) mass is 294 g/mol. The molecule has 0 aromatic heterocycles. The van der Waals surface area contributed by atoms with Crippen molar-refractivity contribution in [1.29, 1.82) is 0 Å². The van der Waals surface area contributed by atoms with Gasteiger partial charge < -0.3 is 10.6 Å². The van der Waals surface area contributed by atoms with Gasteiger partial charge >= 0.3 is 6.03 Å². The van der Waals surface area contributed by atoms with E-state index in [2.05, 4.69) is 16.7 Å². The first-order valence-corrected chi connectivity index (χ1v) is 7.36. The van der Waals surface area contributed by atoms with Gasteiger partial charge in [0.15, 0.2) is 0 Å². The van der Waals surface area contributed by atoms with Crippen molar-refractivity contribution >= 4 is 11.7 Å². The van der Waals surface area contributed by atoms with E-state index in [0.717, 1.165) is 35.2 Å². The number of fused-ring (bicyclic) bond motifs is 2. The van der Waals surface area contributed by atoms with Crippen molar-refractivity contribution in [2.75, 3.05) is 0 Å². The van der Waals surface area contributed by atoms with Gasteiger partial charge in [0.2, 0.25) is 0 Å². The molecule has 0 spiro atoms. The average Bonchev–Trinajstić information content (AvgIpc) is 2.55. The summed E-state index contributed by atoms with van der Waals surface area (Å²) in [6.45, 7) is 0. The van der Waals surface area contributed by atoms with Gasteiger partial charge in [-0.2, -0.15) is 0 Å². The molecule has 1 atom stereocenters. The van der Waals surface area contributed by atoms with Crippen LogP contribution in [0.1, 0.15) is 29.2 Å². The minimum Gasteiger partial charge on any atom is -0.327 e. The molecular weight excluding hydrogens is 279 g/mol. The number of carbonyl (C=O) groups excluding carboxylic acids is 1. The summed E-state index contributed by atoms with van der Waals surface area (Å²) < 4.78 is 13.1. The van der Waals surface area contributed by atoms with Gasteiger partial charge in [-0.05, 0) is 41.7 Å². The Kier molecular flexibility index (Phi) is 2.96. The molecule has 3 nitrogen and oxygen atoms in total. The third-order valence-corrected chi connectivity index (χ3v) is 4.34. The summed E-state index contributed by atoms with van der Waals surface area (Å²) in [5, 5.41) is 5.89. The number of hydrogen-bond donors (Lipinski definition) is 2. The molecule has 0 bridgehead atoms. The molecule has 22 heavy (non-hydrogen) atoms. The van der Waals surface area contributed by atoms with Crippen LogP contribution in [0.15, 0.2) is 54.1 Å². The van der Waals surface area contributed by atoms with Gasteiger partial charge in [-0.3, -0.25) is 0 Å². The molecule has 0 unspecified atom stereocenters.